The summed E-state index contributed by atoms with van der Waals surface area (Å²) in [5, 5.41) is 9.03. The van der Waals surface area contributed by atoms with Crippen molar-refractivity contribution < 1.29 is 47.6 Å². The summed E-state index contributed by atoms with van der Waals surface area (Å²) in [5.41, 5.74) is 0. The maximum absolute atomic E-state index is 11.4. The fraction of sp³-hybridized carbons (Fsp3) is 1.00. The first-order chi connectivity index (χ1) is 10.9. The van der Waals surface area contributed by atoms with Crippen molar-refractivity contribution in [3.8, 4) is 0 Å². The van der Waals surface area contributed by atoms with Gasteiger partial charge in [-0.15, -0.1) is 0 Å². The van der Waals surface area contributed by atoms with E-state index < -0.39 is 15.4 Å². The third-order valence-corrected chi connectivity index (χ3v) is 5.78. The first-order valence-corrected chi connectivity index (χ1v) is 11.0. The minimum absolute atomic E-state index is 0. The predicted molar refractivity (Wildman–Crippen MR) is 95.5 cm³/mol. The first kappa shape index (κ1) is 27.1. The van der Waals surface area contributed by atoms with Gasteiger partial charge in [0.25, 0.3) is 0 Å². The molecule has 0 aliphatic carbocycles. The number of unbranched alkanes of at least 4 members (excludes halogenated alkanes) is 7. The van der Waals surface area contributed by atoms with Crippen LogP contribution in [-0.4, -0.2) is 29.4 Å². The third-order valence-electron chi connectivity index (χ3n) is 4.49. The predicted octanol–water partition coefficient (Wildman–Crippen LogP) is 1.77. The van der Waals surface area contributed by atoms with Crippen LogP contribution in [0.1, 0.15) is 104 Å². The van der Waals surface area contributed by atoms with E-state index in [2.05, 4.69) is 13.8 Å². The van der Waals surface area contributed by atoms with Gasteiger partial charge in [0.1, 0.15) is 0 Å². The summed E-state index contributed by atoms with van der Waals surface area (Å²) in [5.74, 6) is 0. The van der Waals surface area contributed by atoms with Crippen LogP contribution in [0.15, 0.2) is 0 Å². The minimum Gasteiger partial charge on any atom is -0.748 e. The van der Waals surface area contributed by atoms with Crippen molar-refractivity contribution in [3.05, 3.63) is 0 Å². The second-order valence-corrected chi connectivity index (χ2v) is 8.40. The molecule has 0 aliphatic heterocycles. The van der Waals surface area contributed by atoms with Gasteiger partial charge in [-0.3, -0.25) is 0 Å². The van der Waals surface area contributed by atoms with Crippen molar-refractivity contribution >= 4 is 10.1 Å². The molecule has 2 atom stereocenters. The molecule has 0 aliphatic rings. The zero-order chi connectivity index (χ0) is 17.6. The van der Waals surface area contributed by atoms with Crippen LogP contribution >= 0.6 is 0 Å². The van der Waals surface area contributed by atoms with E-state index in [-0.39, 0.29) is 35.7 Å². The van der Waals surface area contributed by atoms with Gasteiger partial charge >= 0.3 is 29.6 Å². The van der Waals surface area contributed by atoms with E-state index in [9.17, 15) is 18.1 Å². The van der Waals surface area contributed by atoms with Crippen molar-refractivity contribution in [2.75, 3.05) is 0 Å². The second kappa shape index (κ2) is 17.3. The fourth-order valence-corrected chi connectivity index (χ4v) is 3.83. The van der Waals surface area contributed by atoms with Crippen LogP contribution in [0.5, 0.6) is 0 Å². The molecule has 0 rings (SSSR count). The van der Waals surface area contributed by atoms with E-state index in [0.717, 1.165) is 44.9 Å². The Morgan fingerprint density at radius 2 is 1.17 bits per heavy atom. The van der Waals surface area contributed by atoms with Crippen molar-refractivity contribution in [3.63, 3.8) is 0 Å². The molecular weight excluding hydrogens is 335 g/mol. The van der Waals surface area contributed by atoms with Gasteiger partial charge in [0.15, 0.2) is 0 Å². The molecular formula is C18H37NaO4S. The summed E-state index contributed by atoms with van der Waals surface area (Å²) >= 11 is 0. The summed E-state index contributed by atoms with van der Waals surface area (Å²) in [4.78, 5) is 0. The molecule has 0 aromatic carbocycles. The van der Waals surface area contributed by atoms with Gasteiger partial charge < -0.3 is 9.66 Å². The van der Waals surface area contributed by atoms with E-state index in [1.165, 1.54) is 19.3 Å². The zero-order valence-corrected chi connectivity index (χ0v) is 19.0. The second-order valence-electron chi connectivity index (χ2n) is 6.75. The van der Waals surface area contributed by atoms with Crippen LogP contribution in [-0.2, 0) is 10.1 Å². The molecule has 24 heavy (non-hydrogen) atoms. The van der Waals surface area contributed by atoms with E-state index in [0.29, 0.717) is 25.7 Å². The first-order valence-electron chi connectivity index (χ1n) is 9.54. The number of hydrogen-bond acceptors (Lipinski definition) is 4. The Balaban J connectivity index is 0. The molecule has 0 radical (unpaired) electrons. The standard InChI is InChI=1S/C18H38O4S.Na/c1-3-5-7-8-9-10-15-18(23(20,21)22)16-12-11-14-17(19)13-6-4-2;/h17-19H,3-16H2,1-2H3,(H,20,21,22);/q;+1/p-1. The fourth-order valence-electron chi connectivity index (χ4n) is 2.92. The molecule has 0 aromatic heterocycles. The van der Waals surface area contributed by atoms with Gasteiger partial charge in [-0.1, -0.05) is 78.1 Å². The monoisotopic (exact) mass is 372 g/mol. The van der Waals surface area contributed by atoms with Crippen molar-refractivity contribution in [1.29, 1.82) is 0 Å². The van der Waals surface area contributed by atoms with Crippen LogP contribution in [0, 0.1) is 0 Å². The Kier molecular flexibility index (Phi) is 19.5. The van der Waals surface area contributed by atoms with Gasteiger partial charge in [-0.2, -0.15) is 0 Å². The number of aliphatic hydroxyl groups excluding tert-OH is 1. The Hall–Kier alpha value is 0.870. The van der Waals surface area contributed by atoms with Crippen molar-refractivity contribution in [2.45, 2.75) is 115 Å². The average molecular weight is 373 g/mol. The summed E-state index contributed by atoms with van der Waals surface area (Å²) in [6.07, 6.45) is 12.4. The Morgan fingerprint density at radius 1 is 0.750 bits per heavy atom. The van der Waals surface area contributed by atoms with Gasteiger partial charge in [0.2, 0.25) is 0 Å². The summed E-state index contributed by atoms with van der Waals surface area (Å²) < 4.78 is 34.1. The molecule has 0 saturated heterocycles. The SMILES string of the molecule is CCCCCCCCC(CCCCC(O)CCCC)S(=O)(=O)[O-].[Na+]. The van der Waals surface area contributed by atoms with Crippen LogP contribution in [0.4, 0.5) is 0 Å². The largest absolute Gasteiger partial charge is 1.00 e. The molecule has 4 nitrogen and oxygen atoms in total. The quantitative estimate of drug-likeness (QED) is 0.254. The molecule has 0 aromatic rings. The number of rotatable bonds is 16. The number of hydrogen-bond donors (Lipinski definition) is 1. The van der Waals surface area contributed by atoms with E-state index in [1.807, 2.05) is 0 Å². The maximum Gasteiger partial charge on any atom is 1.00 e. The van der Waals surface area contributed by atoms with E-state index in [4.69, 9.17) is 0 Å². The zero-order valence-electron chi connectivity index (χ0n) is 16.1. The molecule has 6 heteroatoms. The normalized spacial score (nSPS) is 14.2. The Labute approximate surface area is 172 Å². The van der Waals surface area contributed by atoms with Crippen molar-refractivity contribution in [2.24, 2.45) is 0 Å². The van der Waals surface area contributed by atoms with Gasteiger partial charge in [-0.25, -0.2) is 8.42 Å². The summed E-state index contributed by atoms with van der Waals surface area (Å²) in [6.45, 7) is 4.26. The topological polar surface area (TPSA) is 77.4 Å². The molecule has 0 bridgehead atoms. The van der Waals surface area contributed by atoms with Gasteiger partial charge in [-0.05, 0) is 25.7 Å². The van der Waals surface area contributed by atoms with E-state index >= 15 is 0 Å². The molecule has 0 fully saturated rings. The average Bonchev–Trinajstić information content (AvgIpc) is 2.49. The molecule has 0 saturated carbocycles. The molecule has 2 unspecified atom stereocenters. The smallest absolute Gasteiger partial charge is 0.748 e. The third kappa shape index (κ3) is 16.3. The summed E-state index contributed by atoms with van der Waals surface area (Å²) in [6, 6.07) is 0. The number of aliphatic hydroxyl groups is 1. The summed E-state index contributed by atoms with van der Waals surface area (Å²) in [7, 11) is -4.19. The molecule has 0 spiro atoms. The van der Waals surface area contributed by atoms with Crippen LogP contribution in [0.25, 0.3) is 0 Å². The Bertz CT molecular complexity index is 360. The van der Waals surface area contributed by atoms with Crippen LogP contribution in [0.2, 0.25) is 0 Å². The molecule has 0 amide bonds. The van der Waals surface area contributed by atoms with Crippen LogP contribution < -0.4 is 29.6 Å². The van der Waals surface area contributed by atoms with Gasteiger partial charge in [0.05, 0.1) is 16.2 Å². The maximum atomic E-state index is 11.4. The van der Waals surface area contributed by atoms with Crippen molar-refractivity contribution in [1.82, 2.24) is 0 Å². The Morgan fingerprint density at radius 3 is 1.71 bits per heavy atom. The minimum atomic E-state index is -4.19. The van der Waals surface area contributed by atoms with Crippen LogP contribution in [0.3, 0.4) is 0 Å². The molecule has 0 heterocycles. The molecule has 1 N–H and O–H groups in total. The van der Waals surface area contributed by atoms with E-state index in [1.54, 1.807) is 0 Å². The molecule has 140 valence electrons. The van der Waals surface area contributed by atoms with Gasteiger partial charge in [0, 0.05) is 5.25 Å².